The van der Waals surface area contributed by atoms with Gasteiger partial charge in [-0.25, -0.2) is 5.43 Å². The van der Waals surface area contributed by atoms with E-state index < -0.39 is 0 Å². The van der Waals surface area contributed by atoms with Crippen LogP contribution in [0.4, 0.5) is 0 Å². The predicted molar refractivity (Wildman–Crippen MR) is 124 cm³/mol. The third kappa shape index (κ3) is 6.02. The molecule has 8 nitrogen and oxygen atoms in total. The minimum absolute atomic E-state index is 0.307. The van der Waals surface area contributed by atoms with Gasteiger partial charge in [-0.05, 0) is 37.8 Å². The van der Waals surface area contributed by atoms with E-state index in [9.17, 15) is 4.79 Å². The molecule has 0 bridgehead atoms. The Labute approximate surface area is 189 Å². The molecule has 8 heteroatoms. The van der Waals surface area contributed by atoms with Crippen LogP contribution in [0.25, 0.3) is 0 Å². The molecule has 1 heterocycles. The van der Waals surface area contributed by atoms with Crippen LogP contribution in [0.3, 0.4) is 0 Å². The van der Waals surface area contributed by atoms with Gasteiger partial charge < -0.3 is 14.2 Å². The number of hydrazone groups is 1. The third-order valence-corrected chi connectivity index (χ3v) is 5.84. The fourth-order valence-corrected chi connectivity index (χ4v) is 4.12. The second kappa shape index (κ2) is 12.1. The van der Waals surface area contributed by atoms with Crippen molar-refractivity contribution < 1.29 is 19.0 Å². The van der Waals surface area contributed by atoms with Crippen LogP contribution in [0.1, 0.15) is 78.7 Å². The first-order chi connectivity index (χ1) is 15.7. The Bertz CT molecular complexity index is 898. The largest absolute Gasteiger partial charge is 0.493 e. The van der Waals surface area contributed by atoms with Crippen molar-refractivity contribution in [2.45, 2.75) is 64.2 Å². The van der Waals surface area contributed by atoms with E-state index in [1.54, 1.807) is 39.7 Å². The van der Waals surface area contributed by atoms with Crippen LogP contribution in [-0.4, -0.2) is 43.6 Å². The van der Waals surface area contributed by atoms with Crippen molar-refractivity contribution in [2.24, 2.45) is 5.10 Å². The first-order valence-corrected chi connectivity index (χ1v) is 11.4. The highest BCUT2D eigenvalue weighted by Crippen LogP contribution is 2.37. The number of hydrogen-bond donors (Lipinski definition) is 2. The standard InChI is InChI=1S/C24H34N4O4/c1-30-20-14-17(15-21(31-2)23(20)32-3)16-25-28-24(29)22-18-12-10-8-6-4-5-7-9-11-13-19(18)26-27-22/h14-16H,4-13H2,1-3H3,(H,26,27)(H,28,29)/b25-16-. The van der Waals surface area contributed by atoms with Gasteiger partial charge in [-0.3, -0.25) is 9.89 Å². The first kappa shape index (κ1) is 23.6. The van der Waals surface area contributed by atoms with Crippen molar-refractivity contribution in [2.75, 3.05) is 21.3 Å². The minimum atomic E-state index is -0.307. The fraction of sp³-hybridized carbons (Fsp3) is 0.542. The summed E-state index contributed by atoms with van der Waals surface area (Å²) in [5.74, 6) is 1.24. The van der Waals surface area contributed by atoms with Crippen molar-refractivity contribution in [3.05, 3.63) is 34.6 Å². The summed E-state index contributed by atoms with van der Waals surface area (Å²) >= 11 is 0. The first-order valence-electron chi connectivity index (χ1n) is 11.4. The number of rotatable bonds is 6. The van der Waals surface area contributed by atoms with Gasteiger partial charge in [-0.2, -0.15) is 10.2 Å². The lowest BCUT2D eigenvalue weighted by Crippen LogP contribution is -2.20. The topological polar surface area (TPSA) is 97.8 Å². The van der Waals surface area contributed by atoms with Crippen LogP contribution >= 0.6 is 0 Å². The monoisotopic (exact) mass is 442 g/mol. The maximum atomic E-state index is 12.8. The number of H-pyrrole nitrogens is 1. The van der Waals surface area contributed by atoms with Gasteiger partial charge in [0.25, 0.3) is 5.91 Å². The normalized spacial score (nSPS) is 15.3. The lowest BCUT2D eigenvalue weighted by atomic mass is 9.98. The van der Waals surface area contributed by atoms with Gasteiger partial charge in [0.15, 0.2) is 17.2 Å². The molecule has 0 saturated carbocycles. The number of methoxy groups -OCH3 is 3. The van der Waals surface area contributed by atoms with Crippen LogP contribution in [0, 0.1) is 0 Å². The van der Waals surface area contributed by atoms with Gasteiger partial charge in [0.2, 0.25) is 5.75 Å². The molecule has 174 valence electrons. The van der Waals surface area contributed by atoms with Crippen molar-refractivity contribution in [1.82, 2.24) is 15.6 Å². The molecule has 0 aliphatic heterocycles. The second-order valence-electron chi connectivity index (χ2n) is 8.02. The molecule has 0 unspecified atom stereocenters. The maximum Gasteiger partial charge on any atom is 0.292 e. The average Bonchev–Trinajstić information content (AvgIpc) is 3.20. The number of aryl methyl sites for hydroxylation is 1. The number of hydrogen-bond acceptors (Lipinski definition) is 6. The molecule has 1 aromatic heterocycles. The van der Waals surface area contributed by atoms with Crippen molar-refractivity contribution in [3.63, 3.8) is 0 Å². The maximum absolute atomic E-state index is 12.8. The van der Waals surface area contributed by atoms with Crippen molar-refractivity contribution >= 4 is 12.1 Å². The number of nitrogens with one attached hydrogen (secondary N) is 2. The summed E-state index contributed by atoms with van der Waals surface area (Å²) in [6.07, 6.45) is 13.1. The van der Waals surface area contributed by atoms with Crippen LogP contribution in [0.2, 0.25) is 0 Å². The third-order valence-electron chi connectivity index (χ3n) is 5.84. The predicted octanol–water partition coefficient (Wildman–Crippen LogP) is 4.42. The Morgan fingerprint density at radius 2 is 1.53 bits per heavy atom. The molecule has 1 amide bonds. The van der Waals surface area contributed by atoms with E-state index in [0.29, 0.717) is 28.5 Å². The van der Waals surface area contributed by atoms with Crippen molar-refractivity contribution in [1.29, 1.82) is 0 Å². The molecule has 32 heavy (non-hydrogen) atoms. The smallest absolute Gasteiger partial charge is 0.292 e. The molecule has 1 aliphatic carbocycles. The molecule has 0 fully saturated rings. The van der Waals surface area contributed by atoms with Crippen LogP contribution in [0.5, 0.6) is 17.2 Å². The summed E-state index contributed by atoms with van der Waals surface area (Å²) in [6, 6.07) is 3.53. The molecule has 0 saturated heterocycles. The van der Waals surface area contributed by atoms with Crippen molar-refractivity contribution in [3.8, 4) is 17.2 Å². The van der Waals surface area contributed by atoms with E-state index in [0.717, 1.165) is 36.9 Å². The highest BCUT2D eigenvalue weighted by molar-refractivity contribution is 5.94. The summed E-state index contributed by atoms with van der Waals surface area (Å²) in [5.41, 5.74) is 5.88. The molecule has 3 rings (SSSR count). The molecule has 2 N–H and O–H groups in total. The van der Waals surface area contributed by atoms with E-state index in [2.05, 4.69) is 20.7 Å². The zero-order valence-electron chi connectivity index (χ0n) is 19.3. The Kier molecular flexibility index (Phi) is 8.95. The Hall–Kier alpha value is -3.03. The highest BCUT2D eigenvalue weighted by Gasteiger charge is 2.19. The van der Waals surface area contributed by atoms with E-state index in [4.69, 9.17) is 14.2 Å². The number of benzene rings is 1. The van der Waals surface area contributed by atoms with Crippen LogP contribution in [-0.2, 0) is 12.8 Å². The summed E-state index contributed by atoms with van der Waals surface area (Å²) in [4.78, 5) is 12.8. The van der Waals surface area contributed by atoms with E-state index in [1.807, 2.05) is 0 Å². The number of carbonyl (C=O) groups excluding carboxylic acids is 1. The average molecular weight is 443 g/mol. The van der Waals surface area contributed by atoms with Gasteiger partial charge in [0.05, 0.1) is 27.5 Å². The van der Waals surface area contributed by atoms with E-state index in [-0.39, 0.29) is 5.91 Å². The quantitative estimate of drug-likeness (QED) is 0.510. The fourth-order valence-electron chi connectivity index (χ4n) is 4.12. The summed E-state index contributed by atoms with van der Waals surface area (Å²) < 4.78 is 16.0. The Morgan fingerprint density at radius 3 is 2.12 bits per heavy atom. The molecule has 1 aliphatic rings. The summed E-state index contributed by atoms with van der Waals surface area (Å²) in [6.45, 7) is 0. The molecule has 0 spiro atoms. The van der Waals surface area contributed by atoms with Gasteiger partial charge >= 0.3 is 0 Å². The van der Waals surface area contributed by atoms with Gasteiger partial charge in [0.1, 0.15) is 0 Å². The minimum Gasteiger partial charge on any atom is -0.493 e. The van der Waals surface area contributed by atoms with Gasteiger partial charge in [-0.15, -0.1) is 0 Å². The lowest BCUT2D eigenvalue weighted by Gasteiger charge is -2.12. The summed E-state index contributed by atoms with van der Waals surface area (Å²) in [7, 11) is 4.66. The Morgan fingerprint density at radius 1 is 0.938 bits per heavy atom. The lowest BCUT2D eigenvalue weighted by molar-refractivity contribution is 0.0949. The number of ether oxygens (including phenoxy) is 3. The highest BCUT2D eigenvalue weighted by atomic mass is 16.5. The number of amides is 1. The molecular formula is C24H34N4O4. The molecular weight excluding hydrogens is 408 g/mol. The second-order valence-corrected chi connectivity index (χ2v) is 8.02. The number of nitrogens with zero attached hydrogens (tertiary/aromatic N) is 2. The SMILES string of the molecule is COc1cc(/C=N\NC(=O)c2n[nH]c3c2CCCCCCCCCC3)cc(OC)c1OC. The molecule has 2 aromatic rings. The molecule has 0 atom stereocenters. The zero-order chi connectivity index (χ0) is 22.8. The number of aromatic amines is 1. The number of carbonyl (C=O) groups is 1. The molecule has 0 radical (unpaired) electrons. The van der Waals surface area contributed by atoms with E-state index in [1.165, 1.54) is 38.5 Å². The van der Waals surface area contributed by atoms with Crippen LogP contribution in [0.15, 0.2) is 17.2 Å². The van der Waals surface area contributed by atoms with E-state index >= 15 is 0 Å². The zero-order valence-corrected chi connectivity index (χ0v) is 19.3. The van der Waals surface area contributed by atoms with Crippen LogP contribution < -0.4 is 19.6 Å². The van der Waals surface area contributed by atoms with Gasteiger partial charge in [-0.1, -0.05) is 38.5 Å². The number of fused-ring (bicyclic) bond motifs is 1. The number of aromatic nitrogens is 2. The summed E-state index contributed by atoms with van der Waals surface area (Å²) in [5, 5.41) is 11.6. The van der Waals surface area contributed by atoms with Gasteiger partial charge in [0, 0.05) is 16.8 Å². The Balaban J connectivity index is 1.71. The molecule has 1 aromatic carbocycles.